The van der Waals surface area contributed by atoms with E-state index >= 15 is 0 Å². The molecule has 0 amide bonds. The minimum absolute atomic E-state index is 0.434. The fourth-order valence-corrected chi connectivity index (χ4v) is 2.62. The van der Waals surface area contributed by atoms with Crippen molar-refractivity contribution in [3.05, 3.63) is 70.2 Å². The van der Waals surface area contributed by atoms with Gasteiger partial charge in [-0.3, -0.25) is 0 Å². The third kappa shape index (κ3) is 4.77. The molecule has 0 aliphatic heterocycles. The van der Waals surface area contributed by atoms with Crippen LogP contribution in [0.2, 0.25) is 0 Å². The summed E-state index contributed by atoms with van der Waals surface area (Å²) in [4.78, 5) is 0. The Morgan fingerprint density at radius 3 is 2.35 bits per heavy atom. The van der Waals surface area contributed by atoms with Crippen LogP contribution in [-0.4, -0.2) is 6.54 Å². The maximum atomic E-state index is 3.66. The van der Waals surface area contributed by atoms with Gasteiger partial charge in [-0.05, 0) is 49.1 Å². The van der Waals surface area contributed by atoms with Gasteiger partial charge in [0.25, 0.3) is 0 Å². The van der Waals surface area contributed by atoms with Crippen LogP contribution in [-0.2, 0) is 6.42 Å². The highest BCUT2D eigenvalue weighted by molar-refractivity contribution is 9.10. The molecule has 0 bridgehead atoms. The molecule has 0 saturated heterocycles. The second-order valence-electron chi connectivity index (χ2n) is 5.08. The zero-order valence-electron chi connectivity index (χ0n) is 12.0. The summed E-state index contributed by atoms with van der Waals surface area (Å²) >= 11 is 3.50. The van der Waals surface area contributed by atoms with Gasteiger partial charge >= 0.3 is 0 Å². The van der Waals surface area contributed by atoms with E-state index < -0.39 is 0 Å². The summed E-state index contributed by atoms with van der Waals surface area (Å²) in [5.41, 5.74) is 2.78. The zero-order chi connectivity index (χ0) is 14.2. The fourth-order valence-electron chi connectivity index (χ4n) is 2.36. The molecular weight excluding hydrogens is 310 g/mol. The summed E-state index contributed by atoms with van der Waals surface area (Å²) in [6.07, 6.45) is 3.41. The van der Waals surface area contributed by atoms with Gasteiger partial charge in [0.2, 0.25) is 0 Å². The third-order valence-corrected chi connectivity index (χ3v) is 4.01. The van der Waals surface area contributed by atoms with Gasteiger partial charge in [-0.1, -0.05) is 65.3 Å². The van der Waals surface area contributed by atoms with E-state index in [-0.39, 0.29) is 0 Å². The quantitative estimate of drug-likeness (QED) is 0.742. The second-order valence-corrected chi connectivity index (χ2v) is 6.00. The van der Waals surface area contributed by atoms with E-state index in [0.717, 1.165) is 23.9 Å². The summed E-state index contributed by atoms with van der Waals surface area (Å²) in [5.74, 6) is 0. The Labute approximate surface area is 130 Å². The van der Waals surface area contributed by atoms with E-state index in [1.54, 1.807) is 0 Å². The number of hydrogen-bond acceptors (Lipinski definition) is 1. The standard InChI is InChI=1S/C18H22BrN/c1-2-14-20-18(16-9-11-17(19)12-10-16)13-8-15-6-4-3-5-7-15/h3-7,9-12,18,20H,2,8,13-14H2,1H3. The van der Waals surface area contributed by atoms with Crippen molar-refractivity contribution in [3.8, 4) is 0 Å². The fraction of sp³-hybridized carbons (Fsp3) is 0.333. The van der Waals surface area contributed by atoms with Crippen LogP contribution in [0.1, 0.15) is 36.9 Å². The number of nitrogens with one attached hydrogen (secondary N) is 1. The van der Waals surface area contributed by atoms with Crippen LogP contribution in [0.4, 0.5) is 0 Å². The maximum Gasteiger partial charge on any atom is 0.0323 e. The van der Waals surface area contributed by atoms with Crippen LogP contribution in [0.3, 0.4) is 0 Å². The number of hydrogen-bond donors (Lipinski definition) is 1. The molecule has 0 fully saturated rings. The van der Waals surface area contributed by atoms with Crippen molar-refractivity contribution in [2.45, 2.75) is 32.2 Å². The maximum absolute atomic E-state index is 3.66. The number of rotatable bonds is 7. The SMILES string of the molecule is CCCNC(CCc1ccccc1)c1ccc(Br)cc1. The summed E-state index contributed by atoms with van der Waals surface area (Å²) in [7, 11) is 0. The highest BCUT2D eigenvalue weighted by Gasteiger charge is 2.10. The largest absolute Gasteiger partial charge is 0.310 e. The summed E-state index contributed by atoms with van der Waals surface area (Å²) in [5, 5.41) is 3.66. The smallest absolute Gasteiger partial charge is 0.0323 e. The van der Waals surface area contributed by atoms with Crippen LogP contribution >= 0.6 is 15.9 Å². The van der Waals surface area contributed by atoms with Crippen LogP contribution in [0, 0.1) is 0 Å². The van der Waals surface area contributed by atoms with Crippen molar-refractivity contribution in [1.29, 1.82) is 0 Å². The molecule has 2 heteroatoms. The first kappa shape index (κ1) is 15.3. The lowest BCUT2D eigenvalue weighted by Crippen LogP contribution is -2.22. The van der Waals surface area contributed by atoms with Gasteiger partial charge in [0, 0.05) is 10.5 Å². The van der Waals surface area contributed by atoms with E-state index in [9.17, 15) is 0 Å². The molecule has 1 nitrogen and oxygen atoms in total. The highest BCUT2D eigenvalue weighted by atomic mass is 79.9. The Kier molecular flexibility index (Phi) is 6.28. The molecule has 0 spiro atoms. The lowest BCUT2D eigenvalue weighted by atomic mass is 9.99. The number of benzene rings is 2. The van der Waals surface area contributed by atoms with E-state index in [4.69, 9.17) is 0 Å². The first-order valence-corrected chi connectivity index (χ1v) is 8.11. The minimum atomic E-state index is 0.434. The molecule has 0 saturated carbocycles. The molecular formula is C18H22BrN. The summed E-state index contributed by atoms with van der Waals surface area (Å²) in [6, 6.07) is 19.8. The van der Waals surface area contributed by atoms with Crippen LogP contribution in [0.15, 0.2) is 59.1 Å². The molecule has 1 unspecified atom stereocenters. The van der Waals surface area contributed by atoms with Crippen molar-refractivity contribution >= 4 is 15.9 Å². The van der Waals surface area contributed by atoms with Crippen molar-refractivity contribution in [3.63, 3.8) is 0 Å². The molecule has 2 aromatic rings. The molecule has 0 aliphatic carbocycles. The van der Waals surface area contributed by atoms with E-state index in [1.165, 1.54) is 17.5 Å². The Hall–Kier alpha value is -1.12. The predicted molar refractivity (Wildman–Crippen MR) is 89.9 cm³/mol. The highest BCUT2D eigenvalue weighted by Crippen LogP contribution is 2.21. The van der Waals surface area contributed by atoms with Crippen molar-refractivity contribution < 1.29 is 0 Å². The van der Waals surface area contributed by atoms with Gasteiger partial charge in [-0.25, -0.2) is 0 Å². The van der Waals surface area contributed by atoms with Gasteiger partial charge in [0.15, 0.2) is 0 Å². The molecule has 0 aliphatic rings. The van der Waals surface area contributed by atoms with Crippen molar-refractivity contribution in [2.24, 2.45) is 0 Å². The topological polar surface area (TPSA) is 12.0 Å². The Bertz CT molecular complexity index is 493. The molecule has 1 N–H and O–H groups in total. The monoisotopic (exact) mass is 331 g/mol. The average molecular weight is 332 g/mol. The second kappa shape index (κ2) is 8.23. The van der Waals surface area contributed by atoms with Gasteiger partial charge < -0.3 is 5.32 Å². The molecule has 0 heterocycles. The van der Waals surface area contributed by atoms with Crippen LogP contribution in [0.25, 0.3) is 0 Å². The molecule has 1 atom stereocenters. The van der Waals surface area contributed by atoms with Gasteiger partial charge in [0.05, 0.1) is 0 Å². The molecule has 0 radical (unpaired) electrons. The molecule has 2 rings (SSSR count). The van der Waals surface area contributed by atoms with E-state index in [0.29, 0.717) is 6.04 Å². The first-order chi connectivity index (χ1) is 9.79. The third-order valence-electron chi connectivity index (χ3n) is 3.48. The van der Waals surface area contributed by atoms with Gasteiger partial charge in [-0.15, -0.1) is 0 Å². The summed E-state index contributed by atoms with van der Waals surface area (Å²) in [6.45, 7) is 3.28. The predicted octanol–water partition coefficient (Wildman–Crippen LogP) is 5.12. The zero-order valence-corrected chi connectivity index (χ0v) is 13.6. The van der Waals surface area contributed by atoms with E-state index in [1.807, 2.05) is 0 Å². The summed E-state index contributed by atoms with van der Waals surface area (Å²) < 4.78 is 1.14. The average Bonchev–Trinajstić information content (AvgIpc) is 2.50. The van der Waals surface area contributed by atoms with Crippen molar-refractivity contribution in [2.75, 3.05) is 6.54 Å². The van der Waals surface area contributed by atoms with E-state index in [2.05, 4.69) is 82.8 Å². The van der Waals surface area contributed by atoms with Crippen molar-refractivity contribution in [1.82, 2.24) is 5.32 Å². The minimum Gasteiger partial charge on any atom is -0.310 e. The molecule has 20 heavy (non-hydrogen) atoms. The molecule has 106 valence electrons. The molecule has 2 aromatic carbocycles. The van der Waals surface area contributed by atoms with Crippen LogP contribution in [0.5, 0.6) is 0 Å². The van der Waals surface area contributed by atoms with Gasteiger partial charge in [0.1, 0.15) is 0 Å². The Morgan fingerprint density at radius 2 is 1.70 bits per heavy atom. The van der Waals surface area contributed by atoms with Crippen LogP contribution < -0.4 is 5.32 Å². The lowest BCUT2D eigenvalue weighted by molar-refractivity contribution is 0.499. The number of aryl methyl sites for hydroxylation is 1. The Morgan fingerprint density at radius 1 is 1.00 bits per heavy atom. The Balaban J connectivity index is 2.01. The lowest BCUT2D eigenvalue weighted by Gasteiger charge is -2.19. The van der Waals surface area contributed by atoms with Gasteiger partial charge in [-0.2, -0.15) is 0 Å². The first-order valence-electron chi connectivity index (χ1n) is 7.32. The number of halogens is 1. The normalized spacial score (nSPS) is 12.3. The molecule has 0 aromatic heterocycles.